The number of hydrogen-bond acceptors (Lipinski definition) is 2. The molecule has 2 N–H and O–H groups in total. The molecule has 1 heterocycles. The molecule has 0 aromatic heterocycles. The van der Waals surface area contributed by atoms with Gasteiger partial charge in [0.2, 0.25) is 0 Å². The molecule has 1 spiro atoms. The second-order valence-electron chi connectivity index (χ2n) is 6.43. The van der Waals surface area contributed by atoms with E-state index in [1.54, 1.807) is 0 Å². The van der Waals surface area contributed by atoms with Gasteiger partial charge >= 0.3 is 0 Å². The topological polar surface area (TPSA) is 29.3 Å². The van der Waals surface area contributed by atoms with Gasteiger partial charge in [0, 0.05) is 26.2 Å². The summed E-state index contributed by atoms with van der Waals surface area (Å²) in [6, 6.07) is 0. The van der Waals surface area contributed by atoms with E-state index in [-0.39, 0.29) is 0 Å². The fraction of sp³-hybridized carbons (Fsp3) is 1.00. The third-order valence-corrected chi connectivity index (χ3v) is 4.52. The summed E-state index contributed by atoms with van der Waals surface area (Å²) in [7, 11) is 0. The molecule has 0 amide bonds. The minimum Gasteiger partial charge on any atom is -0.329 e. The number of rotatable bonds is 4. The Morgan fingerprint density at radius 2 is 1.63 bits per heavy atom. The summed E-state index contributed by atoms with van der Waals surface area (Å²) in [5, 5.41) is 0. The first-order valence-corrected chi connectivity index (χ1v) is 8.47. The number of hydrogen-bond donors (Lipinski definition) is 1. The Balaban J connectivity index is 0.000000350. The number of nitrogens with zero attached hydrogens (tertiary/aromatic N) is 1. The van der Waals surface area contributed by atoms with Gasteiger partial charge in [-0.1, -0.05) is 54.4 Å². The van der Waals surface area contributed by atoms with E-state index in [1.807, 2.05) is 13.8 Å². The Bertz CT molecular complexity index is 197. The van der Waals surface area contributed by atoms with Crippen molar-refractivity contribution in [3.8, 4) is 0 Å². The Morgan fingerprint density at radius 3 is 1.89 bits per heavy atom. The van der Waals surface area contributed by atoms with Crippen LogP contribution in [-0.2, 0) is 0 Å². The Labute approximate surface area is 122 Å². The van der Waals surface area contributed by atoms with Gasteiger partial charge in [-0.15, -0.1) is 0 Å². The van der Waals surface area contributed by atoms with Crippen LogP contribution in [0.3, 0.4) is 0 Å². The lowest BCUT2D eigenvalue weighted by molar-refractivity contribution is -0.0872. The van der Waals surface area contributed by atoms with E-state index in [0.717, 1.165) is 30.3 Å². The van der Waals surface area contributed by atoms with Crippen LogP contribution >= 0.6 is 0 Å². The van der Waals surface area contributed by atoms with E-state index >= 15 is 0 Å². The fourth-order valence-electron chi connectivity index (χ4n) is 3.21. The molecule has 0 unspecified atom stereocenters. The van der Waals surface area contributed by atoms with E-state index < -0.39 is 0 Å². The average molecular weight is 271 g/mol. The van der Waals surface area contributed by atoms with Gasteiger partial charge in [-0.2, -0.15) is 0 Å². The molecule has 0 bridgehead atoms. The predicted molar refractivity (Wildman–Crippen MR) is 87.4 cm³/mol. The maximum atomic E-state index is 5.47. The third kappa shape index (κ3) is 6.27. The highest BCUT2D eigenvalue weighted by Gasteiger charge is 2.49. The van der Waals surface area contributed by atoms with Crippen LogP contribution in [0.5, 0.6) is 0 Å². The van der Waals surface area contributed by atoms with Gasteiger partial charge in [-0.3, -0.25) is 0 Å². The number of likely N-dealkylation sites (tertiary alicyclic amines) is 1. The third-order valence-electron chi connectivity index (χ3n) is 4.52. The van der Waals surface area contributed by atoms with Gasteiger partial charge in [0.25, 0.3) is 0 Å². The average Bonchev–Trinajstić information content (AvgIpc) is 2.37. The van der Waals surface area contributed by atoms with Crippen molar-refractivity contribution < 1.29 is 0 Å². The molecule has 1 saturated carbocycles. The van der Waals surface area contributed by atoms with Gasteiger partial charge in [0.1, 0.15) is 0 Å². The molecule has 2 fully saturated rings. The van der Waals surface area contributed by atoms with Crippen molar-refractivity contribution in [2.45, 2.75) is 67.2 Å². The molecule has 19 heavy (non-hydrogen) atoms. The molecule has 1 saturated heterocycles. The number of nitrogens with two attached hydrogens (primary N) is 1. The van der Waals surface area contributed by atoms with Crippen molar-refractivity contribution in [3.63, 3.8) is 0 Å². The second kappa shape index (κ2) is 9.77. The van der Waals surface area contributed by atoms with Crippen molar-refractivity contribution in [1.29, 1.82) is 0 Å². The molecule has 116 valence electrons. The maximum absolute atomic E-state index is 5.47. The van der Waals surface area contributed by atoms with Gasteiger partial charge < -0.3 is 10.6 Å². The SMILES string of the molecule is CC.CC1CC2(C1)CN(CCN)C2.CCC(C)CC. The summed E-state index contributed by atoms with van der Waals surface area (Å²) in [6.07, 6.45) is 5.59. The first-order chi connectivity index (χ1) is 9.05. The maximum Gasteiger partial charge on any atom is 0.0105 e. The zero-order chi connectivity index (χ0) is 14.9. The molecule has 2 nitrogen and oxygen atoms in total. The largest absolute Gasteiger partial charge is 0.329 e. The fourth-order valence-corrected chi connectivity index (χ4v) is 3.21. The highest BCUT2D eigenvalue weighted by Crippen LogP contribution is 2.51. The van der Waals surface area contributed by atoms with Crippen molar-refractivity contribution in [2.75, 3.05) is 26.2 Å². The summed E-state index contributed by atoms with van der Waals surface area (Å²) in [6.45, 7) is 17.7. The van der Waals surface area contributed by atoms with Crippen LogP contribution in [0.15, 0.2) is 0 Å². The Morgan fingerprint density at radius 1 is 1.16 bits per heavy atom. The molecular formula is C17H38N2. The molecule has 2 aliphatic rings. The molecule has 0 aromatic rings. The summed E-state index contributed by atoms with van der Waals surface area (Å²) in [4.78, 5) is 2.48. The van der Waals surface area contributed by atoms with Crippen LogP contribution in [0.1, 0.15) is 67.2 Å². The van der Waals surface area contributed by atoms with E-state index in [2.05, 4.69) is 32.6 Å². The van der Waals surface area contributed by atoms with E-state index in [9.17, 15) is 0 Å². The minimum absolute atomic E-state index is 0.759. The van der Waals surface area contributed by atoms with E-state index in [4.69, 9.17) is 5.73 Å². The molecule has 2 rings (SSSR count). The predicted octanol–water partition coefficient (Wildman–Crippen LogP) is 4.15. The van der Waals surface area contributed by atoms with Crippen molar-refractivity contribution in [2.24, 2.45) is 23.0 Å². The van der Waals surface area contributed by atoms with Gasteiger partial charge in [-0.25, -0.2) is 0 Å². The zero-order valence-corrected chi connectivity index (χ0v) is 14.3. The van der Waals surface area contributed by atoms with Crippen LogP contribution in [0.25, 0.3) is 0 Å². The lowest BCUT2D eigenvalue weighted by atomic mass is 9.58. The van der Waals surface area contributed by atoms with E-state index in [1.165, 1.54) is 38.8 Å². The zero-order valence-electron chi connectivity index (χ0n) is 14.3. The molecule has 1 aliphatic heterocycles. The van der Waals surface area contributed by atoms with Crippen LogP contribution in [-0.4, -0.2) is 31.1 Å². The monoisotopic (exact) mass is 270 g/mol. The summed E-state index contributed by atoms with van der Waals surface area (Å²) in [5.74, 6) is 1.93. The normalized spacial score (nSPS) is 20.8. The molecule has 2 heteroatoms. The second-order valence-corrected chi connectivity index (χ2v) is 6.43. The summed E-state index contributed by atoms with van der Waals surface area (Å²) < 4.78 is 0. The molecule has 0 radical (unpaired) electrons. The first kappa shape index (κ1) is 18.9. The molecule has 0 atom stereocenters. The van der Waals surface area contributed by atoms with Gasteiger partial charge in [0.05, 0.1) is 0 Å². The minimum atomic E-state index is 0.759. The summed E-state index contributed by atoms with van der Waals surface area (Å²) in [5.41, 5.74) is 6.23. The highest BCUT2D eigenvalue weighted by atomic mass is 15.2. The molecule has 0 aromatic carbocycles. The van der Waals surface area contributed by atoms with Crippen molar-refractivity contribution in [1.82, 2.24) is 4.90 Å². The molecular weight excluding hydrogens is 232 g/mol. The quantitative estimate of drug-likeness (QED) is 0.831. The van der Waals surface area contributed by atoms with Crippen molar-refractivity contribution in [3.05, 3.63) is 0 Å². The lowest BCUT2D eigenvalue weighted by Gasteiger charge is -2.58. The molecule has 1 aliphatic carbocycles. The Hall–Kier alpha value is -0.0800. The smallest absolute Gasteiger partial charge is 0.0105 e. The van der Waals surface area contributed by atoms with Gasteiger partial charge in [-0.05, 0) is 30.1 Å². The first-order valence-electron chi connectivity index (χ1n) is 8.47. The lowest BCUT2D eigenvalue weighted by Crippen LogP contribution is -2.62. The highest BCUT2D eigenvalue weighted by molar-refractivity contribution is 5.02. The Kier molecular flexibility index (Phi) is 9.72. The van der Waals surface area contributed by atoms with E-state index in [0.29, 0.717) is 0 Å². The van der Waals surface area contributed by atoms with Crippen LogP contribution in [0, 0.1) is 17.3 Å². The van der Waals surface area contributed by atoms with Crippen molar-refractivity contribution >= 4 is 0 Å². The van der Waals surface area contributed by atoms with Crippen LogP contribution in [0.2, 0.25) is 0 Å². The van der Waals surface area contributed by atoms with Crippen LogP contribution in [0.4, 0.5) is 0 Å². The summed E-state index contributed by atoms with van der Waals surface area (Å²) >= 11 is 0. The van der Waals surface area contributed by atoms with Gasteiger partial charge in [0.15, 0.2) is 0 Å². The van der Waals surface area contributed by atoms with Crippen LogP contribution < -0.4 is 5.73 Å². The standard InChI is InChI=1S/C9H18N2.C6H14.C2H6/c1-8-4-9(5-8)6-11(7-9)3-2-10;1-4-6(3)5-2;1-2/h8H,2-7,10H2,1H3;6H,4-5H2,1-3H3;1-2H3.